The predicted octanol–water partition coefficient (Wildman–Crippen LogP) is 2.45. The number of tetrazole rings is 1. The van der Waals surface area contributed by atoms with Gasteiger partial charge in [-0.15, -0.1) is 10.2 Å². The van der Waals surface area contributed by atoms with E-state index in [2.05, 4.69) is 31.3 Å². The van der Waals surface area contributed by atoms with Crippen molar-refractivity contribution in [3.05, 3.63) is 69.5 Å². The second kappa shape index (κ2) is 13.6. The van der Waals surface area contributed by atoms with Crippen molar-refractivity contribution in [3.63, 3.8) is 0 Å². The Morgan fingerprint density at radius 2 is 1.85 bits per heavy atom. The van der Waals surface area contributed by atoms with Crippen molar-refractivity contribution in [2.45, 2.75) is 31.3 Å². The van der Waals surface area contributed by atoms with Crippen molar-refractivity contribution in [1.82, 2.24) is 30.8 Å². The normalized spacial score (nSPS) is 15.8. The first-order valence-electron chi connectivity index (χ1n) is 12.2. The molecule has 1 saturated heterocycles. The number of aryl methyl sites for hydroxylation is 1. The summed E-state index contributed by atoms with van der Waals surface area (Å²) >= 11 is 13.7. The van der Waals surface area contributed by atoms with Gasteiger partial charge in [-0.25, -0.2) is 4.79 Å². The SMILES string of the molecule is O=C(Nc1ccc(C[C@H](NC(=O)C2CSCCN2C(=O)CCc2nn[nH]n2)C(=O)O)cc1)c1c(Cl)cccc1Cl. The van der Waals surface area contributed by atoms with Crippen molar-refractivity contribution < 1.29 is 24.3 Å². The summed E-state index contributed by atoms with van der Waals surface area (Å²) in [5, 5.41) is 29.0. The number of aromatic nitrogens is 4. The minimum Gasteiger partial charge on any atom is -0.480 e. The number of anilines is 1. The monoisotopic (exact) mass is 605 g/mol. The molecule has 4 rings (SSSR count). The number of halogens is 2. The summed E-state index contributed by atoms with van der Waals surface area (Å²) in [5.74, 6) is -1.05. The highest BCUT2D eigenvalue weighted by Crippen LogP contribution is 2.25. The Hall–Kier alpha value is -3.68. The summed E-state index contributed by atoms with van der Waals surface area (Å²) in [6.07, 6.45) is 0.367. The molecule has 0 bridgehead atoms. The van der Waals surface area contributed by atoms with Gasteiger partial charge >= 0.3 is 5.97 Å². The van der Waals surface area contributed by atoms with Gasteiger partial charge in [0, 0.05) is 43.0 Å². The zero-order chi connectivity index (χ0) is 28.6. The van der Waals surface area contributed by atoms with Gasteiger partial charge in [0.25, 0.3) is 5.91 Å². The molecule has 1 aliphatic rings. The average Bonchev–Trinajstić information content (AvgIpc) is 3.46. The summed E-state index contributed by atoms with van der Waals surface area (Å²) in [6.45, 7) is 0.373. The molecule has 1 unspecified atom stereocenters. The number of nitrogens with zero attached hydrogens (tertiary/aromatic N) is 4. The van der Waals surface area contributed by atoms with Crippen LogP contribution in [0, 0.1) is 0 Å². The second-order valence-electron chi connectivity index (χ2n) is 8.86. The van der Waals surface area contributed by atoms with Crippen LogP contribution in [0.5, 0.6) is 0 Å². The summed E-state index contributed by atoms with van der Waals surface area (Å²) in [4.78, 5) is 52.1. The Bertz CT molecular complexity index is 1350. The Kier molecular flexibility index (Phi) is 9.96. The molecule has 3 amide bonds. The standard InChI is InChI=1S/C25H25Cl2N7O5S/c26-16-2-1-3-17(27)22(16)24(37)28-15-6-4-14(5-7-15)12-18(25(38)39)29-23(36)19-13-40-11-10-34(19)21(35)9-8-20-30-32-33-31-20/h1-7,18-19H,8-13H2,(H,28,37)(H,29,36)(H,38,39)(H,30,31,32,33)/t18-,19?/m0/s1. The highest BCUT2D eigenvalue weighted by molar-refractivity contribution is 7.99. The van der Waals surface area contributed by atoms with E-state index < -0.39 is 29.9 Å². The summed E-state index contributed by atoms with van der Waals surface area (Å²) < 4.78 is 0. The number of hydrogen-bond acceptors (Lipinski definition) is 8. The molecule has 0 saturated carbocycles. The van der Waals surface area contributed by atoms with Crippen molar-refractivity contribution in [2.75, 3.05) is 23.4 Å². The van der Waals surface area contributed by atoms with Gasteiger partial charge in [-0.1, -0.05) is 46.6 Å². The van der Waals surface area contributed by atoms with Gasteiger partial charge in [-0.3, -0.25) is 14.4 Å². The van der Waals surface area contributed by atoms with E-state index in [-0.39, 0.29) is 40.8 Å². The first kappa shape index (κ1) is 29.3. The molecule has 210 valence electrons. The molecular weight excluding hydrogens is 581 g/mol. The smallest absolute Gasteiger partial charge is 0.326 e. The van der Waals surface area contributed by atoms with Gasteiger partial charge < -0.3 is 20.6 Å². The first-order chi connectivity index (χ1) is 19.2. The Morgan fingerprint density at radius 1 is 1.12 bits per heavy atom. The van der Waals surface area contributed by atoms with Gasteiger partial charge in [0.1, 0.15) is 12.1 Å². The average molecular weight is 606 g/mol. The molecule has 0 radical (unpaired) electrons. The quantitative estimate of drug-likeness (QED) is 0.271. The Labute approximate surface area is 243 Å². The number of carboxylic acids is 1. The van der Waals surface area contributed by atoms with E-state index in [0.717, 1.165) is 0 Å². The van der Waals surface area contributed by atoms with E-state index in [9.17, 15) is 24.3 Å². The Balaban J connectivity index is 1.36. The van der Waals surface area contributed by atoms with Crippen LogP contribution in [0.15, 0.2) is 42.5 Å². The molecule has 40 heavy (non-hydrogen) atoms. The van der Waals surface area contributed by atoms with Crippen LogP contribution in [0.4, 0.5) is 5.69 Å². The molecule has 3 aromatic rings. The highest BCUT2D eigenvalue weighted by atomic mass is 35.5. The van der Waals surface area contributed by atoms with Crippen LogP contribution in [0.2, 0.25) is 10.0 Å². The molecule has 12 nitrogen and oxygen atoms in total. The number of carboxylic acid groups (broad SMARTS) is 1. The fourth-order valence-corrected chi connectivity index (χ4v) is 5.72. The van der Waals surface area contributed by atoms with Crippen molar-refractivity contribution in [1.29, 1.82) is 0 Å². The molecule has 2 heterocycles. The van der Waals surface area contributed by atoms with E-state index in [0.29, 0.717) is 35.1 Å². The number of benzene rings is 2. The maximum absolute atomic E-state index is 13.1. The van der Waals surface area contributed by atoms with Crippen LogP contribution in [0.25, 0.3) is 0 Å². The van der Waals surface area contributed by atoms with Gasteiger partial charge in [-0.05, 0) is 29.8 Å². The molecule has 2 aromatic carbocycles. The summed E-state index contributed by atoms with van der Waals surface area (Å²) in [7, 11) is 0. The zero-order valence-electron chi connectivity index (χ0n) is 21.0. The third-order valence-electron chi connectivity index (χ3n) is 6.16. The lowest BCUT2D eigenvalue weighted by atomic mass is 10.0. The number of carbonyl (C=O) groups is 4. The number of thioether (sulfide) groups is 1. The largest absolute Gasteiger partial charge is 0.480 e. The molecule has 4 N–H and O–H groups in total. The lowest BCUT2D eigenvalue weighted by Gasteiger charge is -2.35. The number of amides is 3. The van der Waals surface area contributed by atoms with Crippen LogP contribution < -0.4 is 10.6 Å². The number of aliphatic carboxylic acids is 1. The number of rotatable bonds is 10. The van der Waals surface area contributed by atoms with Crippen LogP contribution in [-0.4, -0.2) is 84.5 Å². The maximum Gasteiger partial charge on any atom is 0.326 e. The predicted molar refractivity (Wildman–Crippen MR) is 149 cm³/mol. The van der Waals surface area contributed by atoms with Crippen LogP contribution in [0.1, 0.15) is 28.2 Å². The van der Waals surface area contributed by atoms with E-state index in [1.807, 2.05) is 0 Å². The molecule has 1 fully saturated rings. The Morgan fingerprint density at radius 3 is 2.50 bits per heavy atom. The lowest BCUT2D eigenvalue weighted by Crippen LogP contribution is -2.57. The van der Waals surface area contributed by atoms with Crippen LogP contribution >= 0.6 is 35.0 Å². The fourth-order valence-electron chi connectivity index (χ4n) is 4.11. The minimum atomic E-state index is -1.22. The second-order valence-corrected chi connectivity index (χ2v) is 10.8. The van der Waals surface area contributed by atoms with Gasteiger partial charge in [-0.2, -0.15) is 17.0 Å². The number of carbonyl (C=O) groups excluding carboxylic acids is 3. The van der Waals surface area contributed by atoms with Gasteiger partial charge in [0.05, 0.1) is 15.6 Å². The fraction of sp³-hybridized carbons (Fsp3) is 0.320. The highest BCUT2D eigenvalue weighted by Gasteiger charge is 2.34. The minimum absolute atomic E-state index is 0.00270. The number of H-pyrrole nitrogens is 1. The molecule has 1 aliphatic heterocycles. The topological polar surface area (TPSA) is 170 Å². The van der Waals surface area contributed by atoms with E-state index in [1.54, 1.807) is 42.5 Å². The third-order valence-corrected chi connectivity index (χ3v) is 7.81. The van der Waals surface area contributed by atoms with Gasteiger partial charge in [0.15, 0.2) is 5.82 Å². The van der Waals surface area contributed by atoms with Crippen molar-refractivity contribution in [3.8, 4) is 0 Å². The molecule has 2 atom stereocenters. The lowest BCUT2D eigenvalue weighted by molar-refractivity contribution is -0.144. The molecule has 0 spiro atoms. The van der Waals surface area contributed by atoms with Crippen LogP contribution in [0.3, 0.4) is 0 Å². The van der Waals surface area contributed by atoms with E-state index >= 15 is 0 Å². The van der Waals surface area contributed by atoms with Crippen molar-refractivity contribution >= 4 is 64.3 Å². The third kappa shape index (κ3) is 7.49. The number of nitrogens with one attached hydrogen (secondary N) is 3. The van der Waals surface area contributed by atoms with E-state index in [4.69, 9.17) is 23.2 Å². The number of hydrogen-bond donors (Lipinski definition) is 4. The van der Waals surface area contributed by atoms with Crippen molar-refractivity contribution in [2.24, 2.45) is 0 Å². The zero-order valence-corrected chi connectivity index (χ0v) is 23.3. The summed E-state index contributed by atoms with van der Waals surface area (Å²) in [6, 6.07) is 9.25. The van der Waals surface area contributed by atoms with E-state index in [1.165, 1.54) is 16.7 Å². The van der Waals surface area contributed by atoms with Gasteiger partial charge in [0.2, 0.25) is 11.8 Å². The number of aromatic amines is 1. The maximum atomic E-state index is 13.1. The summed E-state index contributed by atoms with van der Waals surface area (Å²) in [5.41, 5.74) is 1.22. The molecular formula is C25H25Cl2N7O5S. The molecule has 15 heteroatoms. The van der Waals surface area contributed by atoms with Crippen LogP contribution in [-0.2, 0) is 27.2 Å². The first-order valence-corrected chi connectivity index (χ1v) is 14.1. The molecule has 0 aliphatic carbocycles. The molecule has 1 aromatic heterocycles.